The first kappa shape index (κ1) is 9.11. The van der Waals surface area contributed by atoms with Gasteiger partial charge in [0.25, 0.3) is 0 Å². The van der Waals surface area contributed by atoms with Crippen molar-refractivity contribution in [2.45, 2.75) is 0 Å². The van der Waals surface area contributed by atoms with Gasteiger partial charge in [-0.25, -0.2) is 0 Å². The van der Waals surface area contributed by atoms with Crippen molar-refractivity contribution in [1.82, 2.24) is 0 Å². The van der Waals surface area contributed by atoms with Crippen molar-refractivity contribution in [3.8, 4) is 0 Å². The van der Waals surface area contributed by atoms with Crippen LogP contribution in [0.25, 0.3) is 0 Å². The Balaban J connectivity index is 3.78. The minimum atomic E-state index is -2.82. The number of rotatable bonds is 4. The minimum absolute atomic E-state index is 0. The molecule has 0 aromatic heterocycles. The lowest BCUT2D eigenvalue weighted by molar-refractivity contribution is 0.300. The molecule has 0 aliphatic carbocycles. The van der Waals surface area contributed by atoms with Gasteiger partial charge >= 0.3 is 0 Å². The Morgan fingerprint density at radius 1 is 1.11 bits per heavy atom. The summed E-state index contributed by atoms with van der Waals surface area (Å²) in [5.41, 5.74) is 0. The van der Waals surface area contributed by atoms with Crippen molar-refractivity contribution < 1.29 is 19.9 Å². The van der Waals surface area contributed by atoms with Crippen molar-refractivity contribution in [3.63, 3.8) is 0 Å². The van der Waals surface area contributed by atoms with E-state index >= 15 is 0 Å². The van der Waals surface area contributed by atoms with Crippen LogP contribution in [0, 0.1) is 0 Å². The molecular weight excluding hydrogens is 143 g/mol. The Hall–Kier alpha value is 0.110. The highest BCUT2D eigenvalue weighted by molar-refractivity contribution is 7.63. The fourth-order valence-electron chi connectivity index (χ4n) is 0.368. The molecule has 0 radical (unpaired) electrons. The molecule has 0 aromatic carbocycles. The van der Waals surface area contributed by atoms with Gasteiger partial charge in [-0.1, -0.05) is 0 Å². The summed E-state index contributed by atoms with van der Waals surface area (Å²) in [5, 5.41) is 25.0. The third-order valence-electron chi connectivity index (χ3n) is 1.02. The number of aliphatic hydroxyl groups is 3. The minimum Gasteiger partial charge on any atom is -0.396 e. The first-order valence-corrected chi connectivity index (χ1v) is 4.84. The van der Waals surface area contributed by atoms with Crippen LogP contribution in [0.1, 0.15) is 0 Å². The highest BCUT2D eigenvalue weighted by Gasteiger charge is 2.17. The van der Waals surface area contributed by atoms with Gasteiger partial charge in [0.1, 0.15) is 7.14 Å². The van der Waals surface area contributed by atoms with E-state index in [0.29, 0.717) is 0 Å². The zero-order valence-electron chi connectivity index (χ0n) is 5.03. The van der Waals surface area contributed by atoms with E-state index in [-0.39, 0.29) is 12.8 Å². The van der Waals surface area contributed by atoms with Crippen molar-refractivity contribution in [1.29, 1.82) is 0 Å². The topological polar surface area (TPSA) is 77.8 Å². The molecule has 5 heteroatoms. The second-order valence-corrected chi connectivity index (χ2v) is 4.92. The van der Waals surface area contributed by atoms with Gasteiger partial charge in [0, 0.05) is 6.16 Å². The first-order chi connectivity index (χ1) is 4.18. The maximum Gasteiger partial charge on any atom is 0.138 e. The normalized spacial score (nSPS) is 11.9. The van der Waals surface area contributed by atoms with Crippen LogP contribution in [0.3, 0.4) is 0 Å². The van der Waals surface area contributed by atoms with Crippen molar-refractivity contribution in [3.05, 3.63) is 0 Å². The average molecular weight is 154 g/mol. The molecular formula is C4H11O4P. The van der Waals surface area contributed by atoms with Crippen molar-refractivity contribution >= 4 is 7.14 Å². The number of aliphatic hydroxyl groups excluding tert-OH is 3. The molecule has 0 atom stereocenters. The Labute approximate surface area is 53.5 Å². The van der Waals surface area contributed by atoms with E-state index in [1.807, 2.05) is 0 Å². The molecule has 9 heavy (non-hydrogen) atoms. The zero-order valence-corrected chi connectivity index (χ0v) is 5.92. The van der Waals surface area contributed by atoms with Gasteiger partial charge in [-0.3, -0.25) is 0 Å². The van der Waals surface area contributed by atoms with Crippen LogP contribution >= 0.6 is 7.14 Å². The van der Waals surface area contributed by atoms with Crippen LogP contribution < -0.4 is 0 Å². The lowest BCUT2D eigenvalue weighted by atomic mass is 10.9. The maximum atomic E-state index is 10.9. The van der Waals surface area contributed by atoms with E-state index < -0.39 is 19.8 Å². The summed E-state index contributed by atoms with van der Waals surface area (Å²) in [7, 11) is -2.82. The Bertz CT molecular complexity index is 105. The van der Waals surface area contributed by atoms with Gasteiger partial charge in [-0.05, 0) is 0 Å². The van der Waals surface area contributed by atoms with Gasteiger partial charge in [-0.2, -0.15) is 0 Å². The molecule has 0 spiro atoms. The third-order valence-corrected chi connectivity index (χ3v) is 3.07. The molecule has 0 saturated carbocycles. The smallest absolute Gasteiger partial charge is 0.138 e. The Morgan fingerprint density at radius 3 is 1.67 bits per heavy atom. The van der Waals surface area contributed by atoms with Gasteiger partial charge in [0.2, 0.25) is 0 Å². The largest absolute Gasteiger partial charge is 0.396 e. The van der Waals surface area contributed by atoms with Crippen molar-refractivity contribution in [2.75, 3.05) is 25.5 Å². The summed E-state index contributed by atoms with van der Waals surface area (Å²) in [5.74, 6) is 0. The third kappa shape index (κ3) is 2.96. The van der Waals surface area contributed by atoms with Gasteiger partial charge in [0.05, 0.1) is 19.3 Å². The summed E-state index contributed by atoms with van der Waals surface area (Å²) in [6.45, 7) is -0.252. The molecule has 4 nitrogen and oxygen atoms in total. The molecule has 0 bridgehead atoms. The molecule has 0 aromatic rings. The highest BCUT2D eigenvalue weighted by atomic mass is 31.2. The summed E-state index contributed by atoms with van der Waals surface area (Å²) < 4.78 is 10.9. The predicted octanol–water partition coefficient (Wildman–Crippen LogP) is -0.759. The molecule has 0 fully saturated rings. The summed E-state index contributed by atoms with van der Waals surface area (Å²) >= 11 is 0. The fourth-order valence-corrected chi connectivity index (χ4v) is 1.11. The van der Waals surface area contributed by atoms with Crippen LogP contribution in [-0.4, -0.2) is 40.8 Å². The molecule has 0 heterocycles. The molecule has 56 valence electrons. The van der Waals surface area contributed by atoms with Crippen molar-refractivity contribution in [2.24, 2.45) is 0 Å². The number of hydrogen-bond acceptors (Lipinski definition) is 4. The van der Waals surface area contributed by atoms with E-state index in [9.17, 15) is 4.57 Å². The van der Waals surface area contributed by atoms with Gasteiger partial charge in [-0.15, -0.1) is 0 Å². The molecule has 0 amide bonds. The predicted molar refractivity (Wildman–Crippen MR) is 33.7 cm³/mol. The van der Waals surface area contributed by atoms with Crippen LogP contribution in [0.2, 0.25) is 0 Å². The van der Waals surface area contributed by atoms with E-state index in [0.717, 1.165) is 0 Å². The fraction of sp³-hybridized carbons (Fsp3) is 1.00. The van der Waals surface area contributed by atoms with Crippen LogP contribution in [-0.2, 0) is 4.57 Å². The summed E-state index contributed by atoms with van der Waals surface area (Å²) in [4.78, 5) is 0. The number of hydrogen-bond donors (Lipinski definition) is 3. The molecule has 0 unspecified atom stereocenters. The molecule has 0 aliphatic heterocycles. The lowest BCUT2D eigenvalue weighted by Gasteiger charge is -2.08. The lowest BCUT2D eigenvalue weighted by Crippen LogP contribution is -2.02. The SMILES string of the molecule is O=P(CO)(CO)CCO. The van der Waals surface area contributed by atoms with E-state index in [4.69, 9.17) is 15.3 Å². The van der Waals surface area contributed by atoms with Gasteiger partial charge in [0.15, 0.2) is 0 Å². The standard InChI is InChI=1S/C4H11O4P/c5-1-2-9(8,3-6)4-7/h5-7H,1-4H2. The zero-order chi connectivity index (χ0) is 7.33. The summed E-state index contributed by atoms with van der Waals surface area (Å²) in [6, 6.07) is 0. The second-order valence-electron chi connectivity index (χ2n) is 1.79. The Kier molecular flexibility index (Phi) is 4.06. The maximum absolute atomic E-state index is 10.9. The van der Waals surface area contributed by atoms with Gasteiger partial charge < -0.3 is 19.9 Å². The quantitative estimate of drug-likeness (QED) is 0.465. The Morgan fingerprint density at radius 2 is 1.56 bits per heavy atom. The van der Waals surface area contributed by atoms with Crippen LogP contribution in [0.15, 0.2) is 0 Å². The second kappa shape index (κ2) is 4.01. The first-order valence-electron chi connectivity index (χ1n) is 2.58. The van der Waals surface area contributed by atoms with Crippen LogP contribution in [0.5, 0.6) is 0 Å². The highest BCUT2D eigenvalue weighted by Crippen LogP contribution is 2.41. The molecule has 0 saturated heterocycles. The van der Waals surface area contributed by atoms with E-state index in [2.05, 4.69) is 0 Å². The van der Waals surface area contributed by atoms with E-state index in [1.165, 1.54) is 0 Å². The monoisotopic (exact) mass is 154 g/mol. The van der Waals surface area contributed by atoms with Crippen LogP contribution in [0.4, 0.5) is 0 Å². The average Bonchev–Trinajstić information content (AvgIpc) is 1.89. The molecule has 3 N–H and O–H groups in total. The summed E-state index contributed by atoms with van der Waals surface area (Å²) in [6.07, 6.45) is -1.05. The molecule has 0 aliphatic rings. The molecule has 0 rings (SSSR count). The van der Waals surface area contributed by atoms with E-state index in [1.54, 1.807) is 0 Å².